The summed E-state index contributed by atoms with van der Waals surface area (Å²) in [6.07, 6.45) is 7.82. The van der Waals surface area contributed by atoms with Crippen LogP contribution >= 0.6 is 0 Å². The summed E-state index contributed by atoms with van der Waals surface area (Å²) >= 11 is 0. The number of rotatable bonds is 6. The van der Waals surface area contributed by atoms with E-state index in [2.05, 4.69) is 32.3 Å². The van der Waals surface area contributed by atoms with E-state index in [0.717, 1.165) is 41.9 Å². The third-order valence-corrected chi connectivity index (χ3v) is 7.61. The van der Waals surface area contributed by atoms with Crippen LogP contribution < -0.4 is 10.1 Å². The van der Waals surface area contributed by atoms with E-state index in [1.54, 1.807) is 11.0 Å². The number of aromatic amines is 1. The molecule has 1 aromatic carbocycles. The molecule has 3 amide bonds. The van der Waals surface area contributed by atoms with Gasteiger partial charge in [0.05, 0.1) is 0 Å². The molecule has 1 unspecified atom stereocenters. The first-order chi connectivity index (χ1) is 17.6. The maximum atomic E-state index is 12.9. The van der Waals surface area contributed by atoms with Gasteiger partial charge in [-0.05, 0) is 67.3 Å². The van der Waals surface area contributed by atoms with Crippen molar-refractivity contribution in [1.29, 1.82) is 0 Å². The number of hydrogen-bond acceptors (Lipinski definition) is 6. The highest BCUT2D eigenvalue weighted by Gasteiger charge is 2.39. The fraction of sp³-hybridized carbons (Fsp3) is 0.407. The second-order valence-corrected chi connectivity index (χ2v) is 9.86. The Kier molecular flexibility index (Phi) is 5.92. The van der Waals surface area contributed by atoms with Crippen molar-refractivity contribution in [3.8, 4) is 5.75 Å². The summed E-state index contributed by atoms with van der Waals surface area (Å²) in [5.41, 5.74) is 3.63. The number of nitrogens with one attached hydrogen (secondary N) is 2. The van der Waals surface area contributed by atoms with Crippen LogP contribution in [0.3, 0.4) is 0 Å². The predicted octanol–water partition coefficient (Wildman–Crippen LogP) is 2.76. The molecular formula is C27H29N5O4. The van der Waals surface area contributed by atoms with Crippen LogP contribution in [-0.4, -0.2) is 62.7 Å². The maximum Gasteiger partial charge on any atom is 0.255 e. The first kappa shape index (κ1) is 22.7. The van der Waals surface area contributed by atoms with Crippen molar-refractivity contribution < 1.29 is 19.1 Å². The summed E-state index contributed by atoms with van der Waals surface area (Å²) in [5, 5.41) is 3.50. The van der Waals surface area contributed by atoms with Gasteiger partial charge in [-0.25, -0.2) is 4.98 Å². The summed E-state index contributed by atoms with van der Waals surface area (Å²) in [4.78, 5) is 48.4. The van der Waals surface area contributed by atoms with Gasteiger partial charge in [0.2, 0.25) is 11.8 Å². The molecule has 6 rings (SSSR count). The van der Waals surface area contributed by atoms with Crippen molar-refractivity contribution in [1.82, 2.24) is 25.1 Å². The van der Waals surface area contributed by atoms with Gasteiger partial charge in [0, 0.05) is 48.9 Å². The number of imide groups is 1. The van der Waals surface area contributed by atoms with Crippen LogP contribution in [-0.2, 0) is 22.7 Å². The molecule has 5 heterocycles. The number of nitrogens with zero attached hydrogens (tertiary/aromatic N) is 3. The van der Waals surface area contributed by atoms with Crippen molar-refractivity contribution in [3.63, 3.8) is 0 Å². The minimum absolute atomic E-state index is 0.169. The summed E-state index contributed by atoms with van der Waals surface area (Å²) < 4.78 is 6.25. The summed E-state index contributed by atoms with van der Waals surface area (Å²) in [5.74, 6) is -0.117. The van der Waals surface area contributed by atoms with Crippen molar-refractivity contribution in [2.24, 2.45) is 0 Å². The van der Waals surface area contributed by atoms with Crippen LogP contribution in [0.15, 0.2) is 42.7 Å². The van der Waals surface area contributed by atoms with Gasteiger partial charge in [-0.3, -0.25) is 24.6 Å². The molecule has 2 aromatic heterocycles. The van der Waals surface area contributed by atoms with E-state index in [1.165, 1.54) is 18.4 Å². The highest BCUT2D eigenvalue weighted by atomic mass is 16.5. The molecule has 0 bridgehead atoms. The molecule has 36 heavy (non-hydrogen) atoms. The smallest absolute Gasteiger partial charge is 0.255 e. The lowest BCUT2D eigenvalue weighted by Gasteiger charge is -2.35. The molecule has 0 aliphatic carbocycles. The highest BCUT2D eigenvalue weighted by Crippen LogP contribution is 2.31. The zero-order valence-corrected chi connectivity index (χ0v) is 20.0. The Hall–Kier alpha value is -3.72. The molecule has 2 fully saturated rings. The number of pyridine rings is 1. The molecular weight excluding hydrogens is 458 g/mol. The third-order valence-electron chi connectivity index (χ3n) is 7.61. The van der Waals surface area contributed by atoms with E-state index in [9.17, 15) is 14.4 Å². The van der Waals surface area contributed by atoms with Crippen LogP contribution in [0.5, 0.6) is 5.75 Å². The monoisotopic (exact) mass is 487 g/mol. The number of carbonyl (C=O) groups is 3. The Balaban J connectivity index is 1.12. The normalized spacial score (nSPS) is 22.7. The van der Waals surface area contributed by atoms with Crippen LogP contribution in [0.2, 0.25) is 0 Å². The van der Waals surface area contributed by atoms with Gasteiger partial charge in [0.1, 0.15) is 24.0 Å². The number of H-pyrrole nitrogens is 1. The molecule has 9 heteroatoms. The van der Waals surface area contributed by atoms with Crippen LogP contribution in [0, 0.1) is 0 Å². The average molecular weight is 488 g/mol. The number of benzene rings is 1. The molecule has 186 valence electrons. The SMILES string of the molecule is O=C1CCC(N2Cc3cc(OC[C@H]4CCCCN4Cc4ccnc5[nH]ccc45)ccc3C2=O)C(=O)N1. The summed E-state index contributed by atoms with van der Waals surface area (Å²) in [6, 6.07) is 9.41. The minimum Gasteiger partial charge on any atom is -0.492 e. The number of fused-ring (bicyclic) bond motifs is 2. The number of amides is 3. The first-order valence-electron chi connectivity index (χ1n) is 12.6. The van der Waals surface area contributed by atoms with Gasteiger partial charge >= 0.3 is 0 Å². The van der Waals surface area contributed by atoms with Crippen LogP contribution in [0.25, 0.3) is 11.0 Å². The Morgan fingerprint density at radius 2 is 2.00 bits per heavy atom. The number of carbonyl (C=O) groups excluding carboxylic acids is 3. The first-order valence-corrected chi connectivity index (χ1v) is 12.6. The lowest BCUT2D eigenvalue weighted by atomic mass is 10.0. The molecule has 0 saturated carbocycles. The molecule has 2 saturated heterocycles. The van der Waals surface area contributed by atoms with Crippen molar-refractivity contribution in [2.45, 2.75) is 57.3 Å². The van der Waals surface area contributed by atoms with E-state index < -0.39 is 11.9 Å². The maximum absolute atomic E-state index is 12.9. The lowest BCUT2D eigenvalue weighted by Crippen LogP contribution is -2.52. The Bertz CT molecular complexity index is 1330. The predicted molar refractivity (Wildman–Crippen MR) is 132 cm³/mol. The quantitative estimate of drug-likeness (QED) is 0.518. The van der Waals surface area contributed by atoms with Crippen molar-refractivity contribution in [2.75, 3.05) is 13.2 Å². The van der Waals surface area contributed by atoms with E-state index in [4.69, 9.17) is 4.74 Å². The molecule has 3 aliphatic heterocycles. The van der Waals surface area contributed by atoms with Crippen molar-refractivity contribution in [3.05, 3.63) is 59.4 Å². The summed E-state index contributed by atoms with van der Waals surface area (Å²) in [6.45, 7) is 2.80. The van der Waals surface area contributed by atoms with Gasteiger partial charge in [0.25, 0.3) is 5.91 Å². The summed E-state index contributed by atoms with van der Waals surface area (Å²) in [7, 11) is 0. The zero-order valence-electron chi connectivity index (χ0n) is 20.0. The largest absolute Gasteiger partial charge is 0.492 e. The standard InChI is InChI=1S/C27H29N5O4/c33-24-7-6-23(26(34)30-24)32-15-18-13-20(4-5-22(18)27(32)35)36-16-19-3-1-2-12-31(19)14-17-8-10-28-25-21(17)9-11-29-25/h4-5,8-11,13,19,23H,1-3,6-7,12,14-16H2,(H,28,29)(H,30,33,34)/t19-,23?/m1/s1. The Morgan fingerprint density at radius 3 is 2.89 bits per heavy atom. The van der Waals surface area contributed by atoms with E-state index in [1.807, 2.05) is 24.5 Å². The number of likely N-dealkylation sites (tertiary alicyclic amines) is 1. The molecule has 9 nitrogen and oxygen atoms in total. The minimum atomic E-state index is -0.609. The zero-order chi connectivity index (χ0) is 24.6. The van der Waals surface area contributed by atoms with E-state index in [-0.39, 0.29) is 18.2 Å². The van der Waals surface area contributed by atoms with E-state index in [0.29, 0.717) is 31.2 Å². The molecule has 3 aliphatic rings. The second-order valence-electron chi connectivity index (χ2n) is 9.86. The Morgan fingerprint density at radius 1 is 1.08 bits per heavy atom. The number of piperidine rings is 2. The molecule has 0 radical (unpaired) electrons. The van der Waals surface area contributed by atoms with Gasteiger partial charge in [-0.1, -0.05) is 6.42 Å². The number of aromatic nitrogens is 2. The second kappa shape index (κ2) is 9.39. The lowest BCUT2D eigenvalue weighted by molar-refractivity contribution is -0.136. The third kappa shape index (κ3) is 4.24. The van der Waals surface area contributed by atoms with Gasteiger partial charge in [0.15, 0.2) is 0 Å². The van der Waals surface area contributed by atoms with Gasteiger partial charge < -0.3 is 14.6 Å². The highest BCUT2D eigenvalue weighted by molar-refractivity contribution is 6.05. The number of ether oxygens (including phenoxy) is 1. The molecule has 2 atom stereocenters. The van der Waals surface area contributed by atoms with Gasteiger partial charge in [-0.15, -0.1) is 0 Å². The average Bonchev–Trinajstić information content (AvgIpc) is 3.49. The fourth-order valence-corrected chi connectivity index (χ4v) is 5.66. The Labute approximate surface area is 208 Å². The molecule has 3 aromatic rings. The van der Waals surface area contributed by atoms with Crippen LogP contribution in [0.1, 0.15) is 53.6 Å². The van der Waals surface area contributed by atoms with Gasteiger partial charge in [-0.2, -0.15) is 0 Å². The van der Waals surface area contributed by atoms with Crippen LogP contribution in [0.4, 0.5) is 0 Å². The fourth-order valence-electron chi connectivity index (χ4n) is 5.66. The van der Waals surface area contributed by atoms with Crippen molar-refractivity contribution >= 4 is 28.8 Å². The topological polar surface area (TPSA) is 108 Å². The number of hydrogen-bond donors (Lipinski definition) is 2. The molecule has 2 N–H and O–H groups in total. The molecule has 0 spiro atoms. The van der Waals surface area contributed by atoms with E-state index >= 15 is 0 Å².